The van der Waals surface area contributed by atoms with Crippen LogP contribution >= 0.6 is 0 Å². The first kappa shape index (κ1) is 20.4. The number of hydrogen-bond acceptors (Lipinski definition) is 4. The number of likely N-dealkylation sites (N-methyl/N-ethyl adjacent to an activating group) is 1. The Morgan fingerprint density at radius 3 is 2.54 bits per heavy atom. The zero-order valence-corrected chi connectivity index (χ0v) is 16.2. The van der Waals surface area contributed by atoms with Crippen LogP contribution in [0.5, 0.6) is 5.75 Å². The molecule has 0 bridgehead atoms. The minimum atomic E-state index is 0.149. The average Bonchev–Trinajstić information content (AvgIpc) is 2.69. The molecule has 1 fully saturated rings. The van der Waals surface area contributed by atoms with E-state index in [9.17, 15) is 0 Å². The molecule has 4 heteroatoms. The van der Waals surface area contributed by atoms with Gasteiger partial charge in [-0.15, -0.1) is 0 Å². The second-order valence-corrected chi connectivity index (χ2v) is 6.95. The van der Waals surface area contributed by atoms with Gasteiger partial charge in [-0.3, -0.25) is 0 Å². The summed E-state index contributed by atoms with van der Waals surface area (Å²) in [6.07, 6.45) is 3.52. The largest absolute Gasteiger partial charge is 0.492 e. The molecular weight excluding hydrogens is 322 g/mol. The minimum Gasteiger partial charge on any atom is -0.492 e. The zero-order chi connectivity index (χ0) is 18.8. The molecule has 1 unspecified atom stereocenters. The predicted octanol–water partition coefficient (Wildman–Crippen LogP) is 2.81. The molecule has 2 aromatic carbocycles. The number of nitrogens with zero attached hydrogens (tertiary/aromatic N) is 1. The number of piperidine rings is 1. The number of nitrogens with two attached hydrogens (primary N) is 2. The number of hydrogen-bond donors (Lipinski definition) is 2. The molecule has 3 rings (SSSR count). The summed E-state index contributed by atoms with van der Waals surface area (Å²) in [5, 5.41) is 0. The van der Waals surface area contributed by atoms with E-state index in [4.69, 9.17) is 10.5 Å². The second kappa shape index (κ2) is 10.3. The fraction of sp³-hybridized carbons (Fsp3) is 0.455. The van der Waals surface area contributed by atoms with Gasteiger partial charge >= 0.3 is 0 Å². The molecule has 0 amide bonds. The maximum atomic E-state index is 5.77. The Bertz CT molecular complexity index is 647. The first-order chi connectivity index (χ1) is 12.7. The summed E-state index contributed by atoms with van der Waals surface area (Å²) < 4.78 is 5.77. The molecule has 0 aromatic heterocycles. The molecule has 142 valence electrons. The highest BCUT2D eigenvalue weighted by Gasteiger charge is 2.36. The number of rotatable bonds is 6. The highest BCUT2D eigenvalue weighted by molar-refractivity contribution is 5.37. The van der Waals surface area contributed by atoms with Gasteiger partial charge in [-0.25, -0.2) is 0 Å². The van der Waals surface area contributed by atoms with Gasteiger partial charge in [0.2, 0.25) is 0 Å². The van der Waals surface area contributed by atoms with Gasteiger partial charge in [0.15, 0.2) is 0 Å². The summed E-state index contributed by atoms with van der Waals surface area (Å²) in [6, 6.07) is 19.5. The van der Waals surface area contributed by atoms with Gasteiger partial charge < -0.3 is 21.1 Å². The van der Waals surface area contributed by atoms with Gasteiger partial charge in [0.1, 0.15) is 12.4 Å². The van der Waals surface area contributed by atoms with E-state index >= 15 is 0 Å². The molecule has 1 atom stereocenters. The molecule has 26 heavy (non-hydrogen) atoms. The van der Waals surface area contributed by atoms with Crippen LogP contribution in [0.1, 0.15) is 24.0 Å². The van der Waals surface area contributed by atoms with Crippen molar-refractivity contribution in [3.8, 4) is 5.75 Å². The third-order valence-corrected chi connectivity index (χ3v) is 4.99. The van der Waals surface area contributed by atoms with E-state index in [2.05, 4.69) is 66.2 Å². The quantitative estimate of drug-likeness (QED) is 0.836. The third kappa shape index (κ3) is 5.31. The Balaban J connectivity index is 0.00000117. The molecule has 0 spiro atoms. The highest BCUT2D eigenvalue weighted by Crippen LogP contribution is 2.38. The van der Waals surface area contributed by atoms with Crippen molar-refractivity contribution < 1.29 is 4.74 Å². The molecule has 1 saturated heterocycles. The summed E-state index contributed by atoms with van der Waals surface area (Å²) in [5.74, 6) is 0.929. The summed E-state index contributed by atoms with van der Waals surface area (Å²) >= 11 is 0. The van der Waals surface area contributed by atoms with Gasteiger partial charge in [0, 0.05) is 18.5 Å². The third-order valence-electron chi connectivity index (χ3n) is 4.99. The van der Waals surface area contributed by atoms with Gasteiger partial charge in [-0.05, 0) is 63.2 Å². The lowest BCUT2D eigenvalue weighted by molar-refractivity contribution is 0.173. The monoisotopic (exact) mass is 355 g/mol. The standard InChI is InChI=1S/C21H28N2O.CH5N/c1-23-13-6-11-21(17-23,16-18-7-3-2-4-8-18)19-9-5-10-20(15-19)24-14-12-22;1-2/h2-5,7-10,15H,6,11-14,16-17,22H2,1H3;2H2,1H3. The number of likely N-dealkylation sites (tertiary alicyclic amines) is 1. The van der Waals surface area contributed by atoms with E-state index in [1.807, 2.05) is 6.07 Å². The topological polar surface area (TPSA) is 64.5 Å². The van der Waals surface area contributed by atoms with Crippen molar-refractivity contribution in [1.29, 1.82) is 0 Å². The lowest BCUT2D eigenvalue weighted by atomic mass is 9.70. The molecule has 0 saturated carbocycles. The van der Waals surface area contributed by atoms with Crippen molar-refractivity contribution in [3.63, 3.8) is 0 Å². The maximum absolute atomic E-state index is 5.77. The fourth-order valence-electron chi connectivity index (χ4n) is 3.92. The van der Waals surface area contributed by atoms with Gasteiger partial charge in [0.25, 0.3) is 0 Å². The summed E-state index contributed by atoms with van der Waals surface area (Å²) in [7, 11) is 3.73. The van der Waals surface area contributed by atoms with E-state index < -0.39 is 0 Å². The summed E-state index contributed by atoms with van der Waals surface area (Å²) in [4.78, 5) is 2.46. The maximum Gasteiger partial charge on any atom is 0.119 e. The second-order valence-electron chi connectivity index (χ2n) is 6.95. The molecule has 0 aliphatic carbocycles. The van der Waals surface area contributed by atoms with E-state index in [0.29, 0.717) is 13.2 Å². The number of ether oxygens (including phenoxy) is 1. The smallest absolute Gasteiger partial charge is 0.119 e. The van der Waals surface area contributed by atoms with E-state index in [1.54, 1.807) is 0 Å². The van der Waals surface area contributed by atoms with Crippen LogP contribution in [0.2, 0.25) is 0 Å². The van der Waals surface area contributed by atoms with Gasteiger partial charge in [-0.1, -0.05) is 42.5 Å². The van der Waals surface area contributed by atoms with Gasteiger partial charge in [-0.2, -0.15) is 0 Å². The van der Waals surface area contributed by atoms with Crippen molar-refractivity contribution in [1.82, 2.24) is 4.90 Å². The van der Waals surface area contributed by atoms with Crippen molar-refractivity contribution in [2.24, 2.45) is 11.5 Å². The van der Waals surface area contributed by atoms with Crippen LogP contribution in [-0.2, 0) is 11.8 Å². The molecule has 1 aliphatic heterocycles. The van der Waals surface area contributed by atoms with Crippen LogP contribution in [0.25, 0.3) is 0 Å². The first-order valence-electron chi connectivity index (χ1n) is 9.45. The van der Waals surface area contributed by atoms with Crippen LogP contribution in [0, 0.1) is 0 Å². The van der Waals surface area contributed by atoms with E-state index in [0.717, 1.165) is 18.7 Å². The molecule has 4 N–H and O–H groups in total. The molecule has 0 radical (unpaired) electrons. The average molecular weight is 356 g/mol. The van der Waals surface area contributed by atoms with Crippen LogP contribution < -0.4 is 16.2 Å². The Hall–Kier alpha value is -1.88. The highest BCUT2D eigenvalue weighted by atomic mass is 16.5. The van der Waals surface area contributed by atoms with Crippen molar-refractivity contribution >= 4 is 0 Å². The predicted molar refractivity (Wildman–Crippen MR) is 110 cm³/mol. The van der Waals surface area contributed by atoms with Crippen LogP contribution in [0.4, 0.5) is 0 Å². The van der Waals surface area contributed by atoms with Crippen molar-refractivity contribution in [3.05, 3.63) is 65.7 Å². The Morgan fingerprint density at radius 1 is 1.08 bits per heavy atom. The molecule has 4 nitrogen and oxygen atoms in total. The van der Waals surface area contributed by atoms with Crippen molar-refractivity contribution in [2.75, 3.05) is 40.3 Å². The minimum absolute atomic E-state index is 0.149. The lowest BCUT2D eigenvalue weighted by Crippen LogP contribution is -2.45. The number of benzene rings is 2. The Labute approximate surface area is 158 Å². The van der Waals surface area contributed by atoms with Gasteiger partial charge in [0.05, 0.1) is 0 Å². The molecule has 1 heterocycles. The van der Waals surface area contributed by atoms with Crippen LogP contribution in [0.3, 0.4) is 0 Å². The van der Waals surface area contributed by atoms with E-state index in [-0.39, 0.29) is 5.41 Å². The zero-order valence-electron chi connectivity index (χ0n) is 16.2. The van der Waals surface area contributed by atoms with Crippen molar-refractivity contribution in [2.45, 2.75) is 24.7 Å². The summed E-state index contributed by atoms with van der Waals surface area (Å²) in [6.45, 7) is 3.37. The SMILES string of the molecule is CN.CN1CCCC(Cc2ccccc2)(c2cccc(OCCN)c2)C1. The van der Waals surface area contributed by atoms with Crippen LogP contribution in [-0.4, -0.2) is 45.2 Å². The fourth-order valence-corrected chi connectivity index (χ4v) is 3.92. The molecule has 1 aliphatic rings. The normalized spacial score (nSPS) is 20.2. The molecular formula is C22H33N3O. The first-order valence-corrected chi connectivity index (χ1v) is 9.45. The molecule has 2 aromatic rings. The Kier molecular flexibility index (Phi) is 8.10. The lowest BCUT2D eigenvalue weighted by Gasteiger charge is -2.42. The van der Waals surface area contributed by atoms with Crippen LogP contribution in [0.15, 0.2) is 54.6 Å². The summed E-state index contributed by atoms with van der Waals surface area (Å²) in [5.41, 5.74) is 13.0. The van der Waals surface area contributed by atoms with E-state index in [1.165, 1.54) is 37.6 Å². The Morgan fingerprint density at radius 2 is 1.85 bits per heavy atom.